The molecule has 0 aliphatic heterocycles. The van der Waals surface area contributed by atoms with Gasteiger partial charge in [0.05, 0.1) is 17.2 Å². The summed E-state index contributed by atoms with van der Waals surface area (Å²) in [6.07, 6.45) is -0.163. The molecule has 2 aromatic carbocycles. The SMILES string of the molecule is O=C(Nc1ccc(F)c(Cl)c1)N[C@@H]1c2ccccc2C[C@@H]1O. The Hall–Kier alpha value is -2.11. The van der Waals surface area contributed by atoms with Crippen molar-refractivity contribution in [3.05, 3.63) is 64.4 Å². The standard InChI is InChI=1S/C16H14ClFN2O2/c17-12-8-10(5-6-13(12)18)19-16(22)20-15-11-4-2-1-3-9(11)7-14(15)21/h1-6,8,14-15,21H,7H2,(H2,19,20,22)/t14-,15+/m0/s1. The molecule has 2 atom stereocenters. The van der Waals surface area contributed by atoms with Crippen LogP contribution in [0.15, 0.2) is 42.5 Å². The average Bonchev–Trinajstić information content (AvgIpc) is 2.79. The lowest BCUT2D eigenvalue weighted by atomic mass is 10.1. The molecule has 114 valence electrons. The van der Waals surface area contributed by atoms with E-state index in [0.717, 1.165) is 11.1 Å². The van der Waals surface area contributed by atoms with Crippen LogP contribution in [0.3, 0.4) is 0 Å². The fourth-order valence-electron chi connectivity index (χ4n) is 2.63. The Morgan fingerprint density at radius 3 is 2.82 bits per heavy atom. The average molecular weight is 321 g/mol. The number of rotatable bonds is 2. The van der Waals surface area contributed by atoms with Crippen molar-refractivity contribution < 1.29 is 14.3 Å². The second-order valence-electron chi connectivity index (χ2n) is 5.18. The molecule has 0 saturated heterocycles. The topological polar surface area (TPSA) is 61.4 Å². The van der Waals surface area contributed by atoms with E-state index in [0.29, 0.717) is 12.1 Å². The summed E-state index contributed by atoms with van der Waals surface area (Å²) in [5.41, 5.74) is 2.30. The Labute approximate surface area is 131 Å². The summed E-state index contributed by atoms with van der Waals surface area (Å²) in [5.74, 6) is -0.548. The van der Waals surface area contributed by atoms with Crippen LogP contribution in [0.2, 0.25) is 5.02 Å². The Morgan fingerprint density at radius 1 is 1.27 bits per heavy atom. The lowest BCUT2D eigenvalue weighted by molar-refractivity contribution is 0.144. The number of fused-ring (bicyclic) bond motifs is 1. The van der Waals surface area contributed by atoms with Gasteiger partial charge in [-0.1, -0.05) is 35.9 Å². The van der Waals surface area contributed by atoms with Crippen LogP contribution in [0.25, 0.3) is 0 Å². The van der Waals surface area contributed by atoms with Gasteiger partial charge in [0, 0.05) is 12.1 Å². The van der Waals surface area contributed by atoms with Gasteiger partial charge in [-0.2, -0.15) is 0 Å². The van der Waals surface area contributed by atoms with Crippen molar-refractivity contribution in [3.63, 3.8) is 0 Å². The highest BCUT2D eigenvalue weighted by molar-refractivity contribution is 6.31. The van der Waals surface area contributed by atoms with Crippen LogP contribution in [0.1, 0.15) is 17.2 Å². The van der Waals surface area contributed by atoms with Crippen molar-refractivity contribution in [2.45, 2.75) is 18.6 Å². The normalized spacial score (nSPS) is 19.6. The van der Waals surface area contributed by atoms with E-state index in [2.05, 4.69) is 10.6 Å². The zero-order valence-electron chi connectivity index (χ0n) is 11.5. The van der Waals surface area contributed by atoms with Gasteiger partial charge in [0.2, 0.25) is 0 Å². The van der Waals surface area contributed by atoms with Gasteiger partial charge in [-0.05, 0) is 29.3 Å². The second-order valence-corrected chi connectivity index (χ2v) is 5.58. The molecule has 2 amide bonds. The Morgan fingerprint density at radius 2 is 2.05 bits per heavy atom. The van der Waals surface area contributed by atoms with Crippen LogP contribution in [0.5, 0.6) is 0 Å². The van der Waals surface area contributed by atoms with E-state index < -0.39 is 24.0 Å². The number of aliphatic hydroxyl groups is 1. The van der Waals surface area contributed by atoms with Gasteiger partial charge in [-0.25, -0.2) is 9.18 Å². The molecular formula is C16H14ClFN2O2. The smallest absolute Gasteiger partial charge is 0.319 e. The lowest BCUT2D eigenvalue weighted by Gasteiger charge is -2.18. The van der Waals surface area contributed by atoms with Crippen molar-refractivity contribution in [2.24, 2.45) is 0 Å². The maximum atomic E-state index is 13.1. The Bertz CT molecular complexity index is 723. The van der Waals surface area contributed by atoms with Gasteiger partial charge in [0.15, 0.2) is 0 Å². The molecule has 4 nitrogen and oxygen atoms in total. The zero-order chi connectivity index (χ0) is 15.7. The number of aliphatic hydroxyl groups excluding tert-OH is 1. The van der Waals surface area contributed by atoms with E-state index in [9.17, 15) is 14.3 Å². The molecule has 0 heterocycles. The first-order chi connectivity index (χ1) is 10.5. The zero-order valence-corrected chi connectivity index (χ0v) is 12.3. The van der Waals surface area contributed by atoms with Gasteiger partial charge in [-0.3, -0.25) is 0 Å². The van der Waals surface area contributed by atoms with Gasteiger partial charge < -0.3 is 15.7 Å². The maximum Gasteiger partial charge on any atom is 0.319 e. The van der Waals surface area contributed by atoms with Crippen LogP contribution in [0, 0.1) is 5.82 Å². The van der Waals surface area contributed by atoms with E-state index in [1.54, 1.807) is 0 Å². The van der Waals surface area contributed by atoms with Gasteiger partial charge >= 0.3 is 6.03 Å². The van der Waals surface area contributed by atoms with Crippen LogP contribution in [0.4, 0.5) is 14.9 Å². The third kappa shape index (κ3) is 2.91. The third-order valence-electron chi connectivity index (χ3n) is 3.67. The fourth-order valence-corrected chi connectivity index (χ4v) is 2.81. The van der Waals surface area contributed by atoms with E-state index in [-0.39, 0.29) is 5.02 Å². The first kappa shape index (κ1) is 14.8. The minimum absolute atomic E-state index is 0.0657. The first-order valence-corrected chi connectivity index (χ1v) is 7.21. The van der Waals surface area contributed by atoms with Crippen LogP contribution in [-0.2, 0) is 6.42 Å². The highest BCUT2D eigenvalue weighted by Crippen LogP contribution is 2.31. The number of nitrogens with one attached hydrogen (secondary N) is 2. The first-order valence-electron chi connectivity index (χ1n) is 6.83. The largest absolute Gasteiger partial charge is 0.390 e. The Kier molecular flexibility index (Phi) is 4.00. The van der Waals surface area contributed by atoms with Crippen molar-refractivity contribution >= 4 is 23.3 Å². The predicted octanol–water partition coefficient (Wildman–Crippen LogP) is 3.26. The molecule has 0 fully saturated rings. The highest BCUT2D eigenvalue weighted by Gasteiger charge is 2.31. The molecule has 1 aliphatic rings. The molecule has 0 spiro atoms. The number of amides is 2. The van der Waals surface area contributed by atoms with Gasteiger partial charge in [-0.15, -0.1) is 0 Å². The summed E-state index contributed by atoms with van der Waals surface area (Å²) >= 11 is 5.67. The summed E-state index contributed by atoms with van der Waals surface area (Å²) in [4.78, 5) is 12.0. The van der Waals surface area contributed by atoms with Crippen LogP contribution in [-0.4, -0.2) is 17.2 Å². The second kappa shape index (κ2) is 5.94. The molecule has 0 aromatic heterocycles. The van der Waals surface area contributed by atoms with Crippen molar-refractivity contribution in [2.75, 3.05) is 5.32 Å². The number of halogens is 2. The molecule has 3 N–H and O–H groups in total. The van der Waals surface area contributed by atoms with Crippen LogP contribution < -0.4 is 10.6 Å². The summed E-state index contributed by atoms with van der Waals surface area (Å²) < 4.78 is 13.1. The molecule has 2 aromatic rings. The van der Waals surface area contributed by atoms with Crippen molar-refractivity contribution in [3.8, 4) is 0 Å². The monoisotopic (exact) mass is 320 g/mol. The molecule has 6 heteroatoms. The molecule has 0 saturated carbocycles. The molecule has 3 rings (SSSR count). The number of hydrogen-bond donors (Lipinski definition) is 3. The van der Waals surface area contributed by atoms with E-state index in [1.165, 1.54) is 18.2 Å². The third-order valence-corrected chi connectivity index (χ3v) is 3.96. The van der Waals surface area contributed by atoms with Gasteiger partial charge in [0.1, 0.15) is 5.82 Å². The fraction of sp³-hybridized carbons (Fsp3) is 0.188. The number of carbonyl (C=O) groups is 1. The summed E-state index contributed by atoms with van der Waals surface area (Å²) in [6, 6.07) is 10.5. The lowest BCUT2D eigenvalue weighted by Crippen LogP contribution is -2.36. The summed E-state index contributed by atoms with van der Waals surface area (Å²) in [7, 11) is 0. The summed E-state index contributed by atoms with van der Waals surface area (Å²) in [6.45, 7) is 0. The van der Waals surface area contributed by atoms with E-state index in [1.807, 2.05) is 24.3 Å². The van der Waals surface area contributed by atoms with E-state index >= 15 is 0 Å². The van der Waals surface area contributed by atoms with Gasteiger partial charge in [0.25, 0.3) is 0 Å². The number of carbonyl (C=O) groups excluding carboxylic acids is 1. The minimum Gasteiger partial charge on any atom is -0.390 e. The number of benzene rings is 2. The molecule has 22 heavy (non-hydrogen) atoms. The highest BCUT2D eigenvalue weighted by atomic mass is 35.5. The van der Waals surface area contributed by atoms with E-state index in [4.69, 9.17) is 11.6 Å². The summed E-state index contributed by atoms with van der Waals surface area (Å²) in [5, 5.41) is 15.3. The van der Waals surface area contributed by atoms with Crippen molar-refractivity contribution in [1.82, 2.24) is 5.32 Å². The number of hydrogen-bond acceptors (Lipinski definition) is 2. The van der Waals surface area contributed by atoms with Crippen molar-refractivity contribution in [1.29, 1.82) is 0 Å². The minimum atomic E-state index is -0.667. The number of urea groups is 1. The Balaban J connectivity index is 1.70. The quantitative estimate of drug-likeness (QED) is 0.795. The maximum absolute atomic E-state index is 13.1. The molecule has 0 bridgehead atoms. The predicted molar refractivity (Wildman–Crippen MR) is 82.5 cm³/mol. The van der Waals surface area contributed by atoms with Crippen LogP contribution >= 0.6 is 11.6 Å². The molecular weight excluding hydrogens is 307 g/mol. The number of anilines is 1. The molecule has 0 unspecified atom stereocenters. The molecule has 0 radical (unpaired) electrons. The molecule has 1 aliphatic carbocycles.